The first kappa shape index (κ1) is 17.3. The van der Waals surface area contributed by atoms with Gasteiger partial charge in [0.2, 0.25) is 0 Å². The van der Waals surface area contributed by atoms with Gasteiger partial charge in [0.15, 0.2) is 0 Å². The third-order valence-corrected chi connectivity index (χ3v) is 3.54. The monoisotopic (exact) mass is 320 g/mol. The summed E-state index contributed by atoms with van der Waals surface area (Å²) in [5.41, 5.74) is -0.271. The largest absolute Gasteiger partial charge is 0.444 e. The summed E-state index contributed by atoms with van der Waals surface area (Å²) in [6, 6.07) is 8.93. The maximum atomic E-state index is 12.2. The van der Waals surface area contributed by atoms with E-state index in [1.165, 1.54) is 5.06 Å². The van der Waals surface area contributed by atoms with E-state index in [0.29, 0.717) is 6.61 Å². The zero-order valence-corrected chi connectivity index (χ0v) is 14.3. The third kappa shape index (κ3) is 4.01. The zero-order valence-electron chi connectivity index (χ0n) is 14.3. The van der Waals surface area contributed by atoms with Crippen molar-refractivity contribution in [1.29, 1.82) is 0 Å². The number of hydroxylamine groups is 2. The van der Waals surface area contributed by atoms with Crippen molar-refractivity contribution >= 4 is 12.0 Å². The fourth-order valence-corrected chi connectivity index (χ4v) is 2.36. The number of nitrogens with zero attached hydrogens (tertiary/aromatic N) is 1. The quantitative estimate of drug-likeness (QED) is 0.866. The summed E-state index contributed by atoms with van der Waals surface area (Å²) in [5.74, 6) is -0.281. The second-order valence-corrected chi connectivity index (χ2v) is 7.12. The molecule has 0 aromatic heterocycles. The molecule has 1 heterocycles. The Bertz CT molecular complexity index is 578. The van der Waals surface area contributed by atoms with Crippen molar-refractivity contribution in [3.05, 3.63) is 35.9 Å². The standard InChI is InChI=1S/C17H24N2O4/c1-16(2,3)23-15(21)18-13-14(20)19(17(13,4)5)22-11-12-9-7-6-8-10-12/h6-10,13H,11H2,1-5H3,(H,18,21). The fraction of sp³-hybridized carbons (Fsp3) is 0.529. The Hall–Kier alpha value is -2.08. The molecule has 1 aliphatic heterocycles. The van der Waals surface area contributed by atoms with Crippen molar-refractivity contribution in [3.63, 3.8) is 0 Å². The van der Waals surface area contributed by atoms with E-state index in [1.54, 1.807) is 20.8 Å². The molecule has 1 N–H and O–H groups in total. The Kier molecular flexibility index (Phi) is 4.66. The van der Waals surface area contributed by atoms with Crippen LogP contribution in [-0.2, 0) is 21.0 Å². The molecule has 2 amide bonds. The Morgan fingerprint density at radius 2 is 1.87 bits per heavy atom. The lowest BCUT2D eigenvalue weighted by atomic mass is 9.84. The number of nitrogens with one attached hydrogen (secondary N) is 1. The van der Waals surface area contributed by atoms with Gasteiger partial charge in [-0.2, -0.15) is 0 Å². The van der Waals surface area contributed by atoms with E-state index < -0.39 is 23.3 Å². The van der Waals surface area contributed by atoms with Gasteiger partial charge >= 0.3 is 6.09 Å². The smallest absolute Gasteiger partial charge is 0.408 e. The molecule has 0 saturated carbocycles. The Balaban J connectivity index is 1.91. The molecule has 0 spiro atoms. The van der Waals surface area contributed by atoms with E-state index in [0.717, 1.165) is 5.56 Å². The first-order chi connectivity index (χ1) is 10.6. The first-order valence-electron chi connectivity index (χ1n) is 7.62. The minimum atomic E-state index is -0.659. The molecule has 0 bridgehead atoms. The highest BCUT2D eigenvalue weighted by atomic mass is 16.7. The van der Waals surface area contributed by atoms with Crippen LogP contribution < -0.4 is 5.32 Å². The van der Waals surface area contributed by atoms with Crippen LogP contribution in [0.25, 0.3) is 0 Å². The molecule has 0 radical (unpaired) electrons. The molecule has 126 valence electrons. The number of ether oxygens (including phenoxy) is 1. The highest BCUT2D eigenvalue weighted by molar-refractivity contribution is 5.92. The molecule has 0 aliphatic carbocycles. The highest BCUT2D eigenvalue weighted by Gasteiger charge is 2.56. The van der Waals surface area contributed by atoms with Crippen molar-refractivity contribution in [3.8, 4) is 0 Å². The van der Waals surface area contributed by atoms with Gasteiger partial charge in [0.25, 0.3) is 5.91 Å². The summed E-state index contributed by atoms with van der Waals surface area (Å²) >= 11 is 0. The van der Waals surface area contributed by atoms with Gasteiger partial charge in [-0.15, -0.1) is 0 Å². The second kappa shape index (κ2) is 6.20. The van der Waals surface area contributed by atoms with Gasteiger partial charge in [0.1, 0.15) is 18.2 Å². The second-order valence-electron chi connectivity index (χ2n) is 7.12. The molecule has 1 atom stereocenters. The SMILES string of the molecule is CC(C)(C)OC(=O)NC1C(=O)N(OCc2ccccc2)C1(C)C. The Morgan fingerprint density at radius 1 is 1.26 bits per heavy atom. The molecular weight excluding hydrogens is 296 g/mol. The average molecular weight is 320 g/mol. The molecule has 23 heavy (non-hydrogen) atoms. The van der Waals surface area contributed by atoms with Crippen LogP contribution in [0, 0.1) is 0 Å². The summed E-state index contributed by atoms with van der Waals surface area (Å²) in [4.78, 5) is 29.7. The molecule has 1 aliphatic rings. The summed E-state index contributed by atoms with van der Waals surface area (Å²) in [6.45, 7) is 9.29. The number of carbonyl (C=O) groups is 2. The van der Waals surface area contributed by atoms with Gasteiger partial charge in [-0.25, -0.2) is 9.86 Å². The van der Waals surface area contributed by atoms with Crippen LogP contribution in [-0.4, -0.2) is 34.2 Å². The van der Waals surface area contributed by atoms with Crippen LogP contribution in [0.15, 0.2) is 30.3 Å². The number of hydrogen-bond acceptors (Lipinski definition) is 4. The van der Waals surface area contributed by atoms with Crippen molar-refractivity contribution in [2.24, 2.45) is 0 Å². The van der Waals surface area contributed by atoms with E-state index in [1.807, 2.05) is 44.2 Å². The predicted octanol–water partition coefficient (Wildman–Crippen LogP) is 2.63. The van der Waals surface area contributed by atoms with E-state index >= 15 is 0 Å². The van der Waals surface area contributed by atoms with Gasteiger partial charge < -0.3 is 10.1 Å². The van der Waals surface area contributed by atoms with Crippen LogP contribution in [0.5, 0.6) is 0 Å². The van der Waals surface area contributed by atoms with Crippen molar-refractivity contribution in [1.82, 2.24) is 10.4 Å². The van der Waals surface area contributed by atoms with E-state index in [9.17, 15) is 9.59 Å². The van der Waals surface area contributed by atoms with Crippen LogP contribution in [0.3, 0.4) is 0 Å². The number of β-lactam (4-membered cyclic amide) rings is 1. The van der Waals surface area contributed by atoms with E-state index in [-0.39, 0.29) is 5.91 Å². The van der Waals surface area contributed by atoms with Crippen molar-refractivity contribution in [2.75, 3.05) is 0 Å². The van der Waals surface area contributed by atoms with Crippen LogP contribution >= 0.6 is 0 Å². The number of benzene rings is 1. The van der Waals surface area contributed by atoms with Crippen molar-refractivity contribution in [2.45, 2.75) is 58.4 Å². The minimum Gasteiger partial charge on any atom is -0.444 e. The van der Waals surface area contributed by atoms with Gasteiger partial charge in [-0.1, -0.05) is 30.3 Å². The molecule has 1 saturated heterocycles. The van der Waals surface area contributed by atoms with Crippen LogP contribution in [0.2, 0.25) is 0 Å². The fourth-order valence-electron chi connectivity index (χ4n) is 2.36. The highest BCUT2D eigenvalue weighted by Crippen LogP contribution is 2.32. The van der Waals surface area contributed by atoms with Crippen LogP contribution in [0.4, 0.5) is 4.79 Å². The van der Waals surface area contributed by atoms with Gasteiger partial charge in [0, 0.05) is 0 Å². The van der Waals surface area contributed by atoms with Gasteiger partial charge in [-0.3, -0.25) is 9.63 Å². The molecule has 1 aromatic rings. The Morgan fingerprint density at radius 3 is 2.39 bits per heavy atom. The topological polar surface area (TPSA) is 67.9 Å². The van der Waals surface area contributed by atoms with Crippen molar-refractivity contribution < 1.29 is 19.2 Å². The Labute approximate surface area is 136 Å². The lowest BCUT2D eigenvalue weighted by Gasteiger charge is -2.51. The van der Waals surface area contributed by atoms with E-state index in [2.05, 4.69) is 5.32 Å². The molecule has 1 aromatic carbocycles. The summed E-state index contributed by atoms with van der Waals surface area (Å²) < 4.78 is 5.19. The summed E-state index contributed by atoms with van der Waals surface area (Å²) in [7, 11) is 0. The third-order valence-electron chi connectivity index (χ3n) is 3.54. The maximum absolute atomic E-state index is 12.2. The summed E-state index contributed by atoms with van der Waals surface area (Å²) in [6.07, 6.45) is -0.605. The number of rotatable bonds is 4. The molecule has 1 unspecified atom stereocenters. The lowest BCUT2D eigenvalue weighted by molar-refractivity contribution is -0.263. The molecule has 2 rings (SSSR count). The minimum absolute atomic E-state index is 0.281. The first-order valence-corrected chi connectivity index (χ1v) is 7.62. The number of hydrogen-bond donors (Lipinski definition) is 1. The molecule has 6 heteroatoms. The molecular formula is C17H24N2O4. The molecule has 1 fully saturated rings. The number of carbonyl (C=O) groups excluding carboxylic acids is 2. The lowest BCUT2D eigenvalue weighted by Crippen LogP contribution is -2.76. The zero-order chi connectivity index (χ0) is 17.3. The average Bonchev–Trinajstić information content (AvgIpc) is 2.44. The molecule has 6 nitrogen and oxygen atoms in total. The van der Waals surface area contributed by atoms with Gasteiger partial charge in [-0.05, 0) is 40.2 Å². The normalized spacial score (nSPS) is 20.0. The maximum Gasteiger partial charge on any atom is 0.408 e. The van der Waals surface area contributed by atoms with Gasteiger partial charge in [0.05, 0.1) is 5.54 Å². The number of alkyl carbamates (subject to hydrolysis) is 1. The summed E-state index contributed by atoms with van der Waals surface area (Å²) in [5, 5.41) is 3.92. The van der Waals surface area contributed by atoms with Crippen LogP contribution in [0.1, 0.15) is 40.2 Å². The van der Waals surface area contributed by atoms with E-state index in [4.69, 9.17) is 9.57 Å². The number of amides is 2. The predicted molar refractivity (Wildman–Crippen MR) is 85.3 cm³/mol.